The maximum absolute atomic E-state index is 12.2. The molecular weight excluding hydrogens is 398 g/mol. The minimum atomic E-state index is -1.03. The second-order valence-corrected chi connectivity index (χ2v) is 7.11. The fourth-order valence-corrected chi connectivity index (χ4v) is 2.77. The summed E-state index contributed by atoms with van der Waals surface area (Å²) in [6.45, 7) is 4.56. The van der Waals surface area contributed by atoms with Crippen LogP contribution in [0.25, 0.3) is 0 Å². The van der Waals surface area contributed by atoms with Crippen molar-refractivity contribution in [2.75, 3.05) is 22.1 Å². The molecule has 0 unspecified atom stereocenters. The van der Waals surface area contributed by atoms with Crippen LogP contribution in [-0.2, 0) is 19.1 Å². The number of aryl methyl sites for hydroxylation is 1. The molecule has 1 atom stereocenters. The minimum Gasteiger partial charge on any atom is -0.452 e. The topological polar surface area (TPSA) is 128 Å². The summed E-state index contributed by atoms with van der Waals surface area (Å²) in [5.41, 5.74) is 0.891. The fourth-order valence-electron chi connectivity index (χ4n) is 2.18. The van der Waals surface area contributed by atoms with E-state index in [1.807, 2.05) is 0 Å². The Morgan fingerprint density at radius 3 is 2.59 bits per heavy atom. The van der Waals surface area contributed by atoms with Crippen LogP contribution < -0.4 is 10.6 Å². The number of thioether (sulfide) groups is 1. The van der Waals surface area contributed by atoms with Gasteiger partial charge < -0.3 is 19.9 Å². The molecule has 1 aromatic carbocycles. The van der Waals surface area contributed by atoms with Crippen LogP contribution in [0.4, 0.5) is 11.5 Å². The van der Waals surface area contributed by atoms with Crippen LogP contribution in [0.5, 0.6) is 0 Å². The number of amides is 2. The Labute approximate surface area is 171 Å². The molecule has 1 aromatic heterocycles. The zero-order valence-electron chi connectivity index (χ0n) is 16.2. The van der Waals surface area contributed by atoms with E-state index < -0.39 is 18.0 Å². The number of Topliss-reactive ketones (excluding diaryl/α,β-unsaturated/α-hetero) is 1. The van der Waals surface area contributed by atoms with Crippen molar-refractivity contribution in [1.82, 2.24) is 5.16 Å². The first-order valence-corrected chi connectivity index (χ1v) is 9.82. The number of hydrogen-bond acceptors (Lipinski definition) is 8. The largest absolute Gasteiger partial charge is 0.452 e. The molecular formula is C19H21N3O6S. The van der Waals surface area contributed by atoms with Crippen molar-refractivity contribution < 1.29 is 28.4 Å². The van der Waals surface area contributed by atoms with E-state index >= 15 is 0 Å². The predicted octanol–water partition coefficient (Wildman–Crippen LogP) is 2.43. The normalized spacial score (nSPS) is 11.4. The number of carbonyl (C=O) groups excluding carboxylic acids is 4. The molecule has 9 nitrogen and oxygen atoms in total. The van der Waals surface area contributed by atoms with Gasteiger partial charge in [0.05, 0.1) is 11.5 Å². The third kappa shape index (κ3) is 7.41. The van der Waals surface area contributed by atoms with Gasteiger partial charge in [-0.05, 0) is 32.9 Å². The molecule has 0 aliphatic carbocycles. The lowest BCUT2D eigenvalue weighted by molar-refractivity contribution is -0.150. The Kier molecular flexibility index (Phi) is 7.96. The Hall–Kier alpha value is -3.14. The third-order valence-corrected chi connectivity index (χ3v) is 4.47. The lowest BCUT2D eigenvalue weighted by atomic mass is 10.1. The number of hydrogen-bond donors (Lipinski definition) is 2. The summed E-state index contributed by atoms with van der Waals surface area (Å²) in [6.07, 6.45) is -1.03. The molecule has 29 heavy (non-hydrogen) atoms. The molecule has 2 aromatic rings. The van der Waals surface area contributed by atoms with Gasteiger partial charge in [-0.15, -0.1) is 11.8 Å². The van der Waals surface area contributed by atoms with E-state index in [4.69, 9.17) is 9.26 Å². The predicted molar refractivity (Wildman–Crippen MR) is 108 cm³/mol. The second kappa shape index (κ2) is 10.4. The van der Waals surface area contributed by atoms with Crippen LogP contribution in [0, 0.1) is 6.92 Å². The standard InChI is InChI=1S/C19H21N3O6S/c1-11-7-16(22-28-11)21-17(24)9-29-10-18(25)27-13(3)19(26)20-15-6-4-5-14(8-15)12(2)23/h4-8,13H,9-10H2,1-3H3,(H,20,26)(H,21,22,24)/t13-/m1/s1. The van der Waals surface area contributed by atoms with Crippen molar-refractivity contribution in [3.8, 4) is 0 Å². The number of rotatable bonds is 9. The number of anilines is 2. The highest BCUT2D eigenvalue weighted by Gasteiger charge is 2.18. The van der Waals surface area contributed by atoms with E-state index in [0.29, 0.717) is 22.8 Å². The SMILES string of the molecule is CC(=O)c1cccc(NC(=O)[C@@H](C)OC(=O)CSCC(=O)Nc2cc(C)on2)c1. The Bertz CT molecular complexity index is 911. The first kappa shape index (κ1) is 22.2. The van der Waals surface area contributed by atoms with Gasteiger partial charge in [0.2, 0.25) is 5.91 Å². The number of benzene rings is 1. The van der Waals surface area contributed by atoms with E-state index in [-0.39, 0.29) is 23.2 Å². The monoisotopic (exact) mass is 419 g/mol. The molecule has 2 N–H and O–H groups in total. The van der Waals surface area contributed by atoms with Gasteiger partial charge in [0.1, 0.15) is 5.76 Å². The second-order valence-electron chi connectivity index (χ2n) is 6.12. The summed E-state index contributed by atoms with van der Waals surface area (Å²) < 4.78 is 9.90. The van der Waals surface area contributed by atoms with E-state index in [1.165, 1.54) is 13.8 Å². The zero-order chi connectivity index (χ0) is 21.4. The van der Waals surface area contributed by atoms with Crippen molar-refractivity contribution in [3.05, 3.63) is 41.7 Å². The van der Waals surface area contributed by atoms with E-state index in [1.54, 1.807) is 37.3 Å². The first-order chi connectivity index (χ1) is 13.7. The maximum atomic E-state index is 12.2. The average molecular weight is 419 g/mol. The van der Waals surface area contributed by atoms with Crippen LogP contribution >= 0.6 is 11.8 Å². The Morgan fingerprint density at radius 1 is 1.17 bits per heavy atom. The molecule has 0 aliphatic rings. The molecule has 0 radical (unpaired) electrons. The van der Waals surface area contributed by atoms with Crippen LogP contribution in [0.3, 0.4) is 0 Å². The van der Waals surface area contributed by atoms with Crippen molar-refractivity contribution in [2.45, 2.75) is 26.9 Å². The van der Waals surface area contributed by atoms with Crippen LogP contribution in [0.2, 0.25) is 0 Å². The molecule has 0 saturated carbocycles. The van der Waals surface area contributed by atoms with Crippen LogP contribution in [0.15, 0.2) is 34.9 Å². The maximum Gasteiger partial charge on any atom is 0.316 e. The minimum absolute atomic E-state index is 0.0133. The fraction of sp³-hybridized carbons (Fsp3) is 0.316. The summed E-state index contributed by atoms with van der Waals surface area (Å²) >= 11 is 1.04. The Balaban J connectivity index is 1.72. The summed E-state index contributed by atoms with van der Waals surface area (Å²) in [7, 11) is 0. The van der Waals surface area contributed by atoms with Gasteiger partial charge in [0, 0.05) is 17.3 Å². The van der Waals surface area contributed by atoms with Gasteiger partial charge in [0.25, 0.3) is 5.91 Å². The summed E-state index contributed by atoms with van der Waals surface area (Å²) in [5.74, 6) is -0.829. The highest BCUT2D eigenvalue weighted by Crippen LogP contribution is 2.13. The van der Waals surface area contributed by atoms with Crippen molar-refractivity contribution in [2.24, 2.45) is 0 Å². The summed E-state index contributed by atoms with van der Waals surface area (Å²) in [4.78, 5) is 47.2. The lowest BCUT2D eigenvalue weighted by Gasteiger charge is -2.13. The summed E-state index contributed by atoms with van der Waals surface area (Å²) in [6, 6.07) is 8.02. The van der Waals surface area contributed by atoms with Gasteiger partial charge in [0.15, 0.2) is 17.7 Å². The number of ketones is 1. The number of ether oxygens (including phenoxy) is 1. The molecule has 0 spiro atoms. The zero-order valence-corrected chi connectivity index (χ0v) is 17.0. The smallest absolute Gasteiger partial charge is 0.316 e. The molecule has 0 aliphatic heterocycles. The van der Waals surface area contributed by atoms with Crippen LogP contribution in [0.1, 0.15) is 30.0 Å². The first-order valence-electron chi connectivity index (χ1n) is 8.67. The molecule has 0 saturated heterocycles. The van der Waals surface area contributed by atoms with Gasteiger partial charge in [-0.2, -0.15) is 0 Å². The van der Waals surface area contributed by atoms with Crippen molar-refractivity contribution >= 4 is 46.8 Å². The molecule has 10 heteroatoms. The quantitative estimate of drug-likeness (QED) is 0.469. The van der Waals surface area contributed by atoms with Crippen LogP contribution in [-0.4, -0.2) is 46.3 Å². The van der Waals surface area contributed by atoms with E-state index in [2.05, 4.69) is 15.8 Å². The molecule has 0 fully saturated rings. The average Bonchev–Trinajstić information content (AvgIpc) is 3.06. The number of nitrogens with zero attached hydrogens (tertiary/aromatic N) is 1. The molecule has 2 amide bonds. The molecule has 154 valence electrons. The number of esters is 1. The summed E-state index contributed by atoms with van der Waals surface area (Å²) in [5, 5.41) is 8.76. The van der Waals surface area contributed by atoms with Gasteiger partial charge in [-0.1, -0.05) is 17.3 Å². The van der Waals surface area contributed by atoms with E-state index in [0.717, 1.165) is 11.8 Å². The highest BCUT2D eigenvalue weighted by molar-refractivity contribution is 8.00. The van der Waals surface area contributed by atoms with Crippen molar-refractivity contribution in [3.63, 3.8) is 0 Å². The van der Waals surface area contributed by atoms with Gasteiger partial charge in [-0.3, -0.25) is 19.2 Å². The van der Waals surface area contributed by atoms with Gasteiger partial charge >= 0.3 is 5.97 Å². The number of aromatic nitrogens is 1. The van der Waals surface area contributed by atoms with Gasteiger partial charge in [-0.25, -0.2) is 0 Å². The number of carbonyl (C=O) groups is 4. The highest BCUT2D eigenvalue weighted by atomic mass is 32.2. The molecule has 2 rings (SSSR count). The lowest BCUT2D eigenvalue weighted by Crippen LogP contribution is -2.30. The Morgan fingerprint density at radius 2 is 1.93 bits per heavy atom. The molecule has 0 bridgehead atoms. The van der Waals surface area contributed by atoms with E-state index in [9.17, 15) is 19.2 Å². The third-order valence-electron chi connectivity index (χ3n) is 3.56. The van der Waals surface area contributed by atoms with Crippen molar-refractivity contribution in [1.29, 1.82) is 0 Å². The number of nitrogens with one attached hydrogen (secondary N) is 2. The molecule has 1 heterocycles.